The summed E-state index contributed by atoms with van der Waals surface area (Å²) in [6.45, 7) is 1.37. The van der Waals surface area contributed by atoms with Crippen LogP contribution in [0, 0.1) is 6.92 Å². The molecular formula is C11H13BrF2N2O. The maximum Gasteiger partial charge on any atom is 0.255 e. The molecule has 1 amide bonds. The predicted octanol–water partition coefficient (Wildman–Crippen LogP) is 2.49. The number of halogens is 3. The second-order valence-electron chi connectivity index (χ2n) is 3.47. The maximum absolute atomic E-state index is 12.4. The second-order valence-corrected chi connectivity index (χ2v) is 4.26. The smallest absolute Gasteiger partial charge is 0.255 e. The van der Waals surface area contributed by atoms with Gasteiger partial charge in [-0.3, -0.25) is 9.78 Å². The van der Waals surface area contributed by atoms with E-state index in [1.165, 1.54) is 0 Å². The molecule has 0 spiro atoms. The zero-order chi connectivity index (χ0) is 12.8. The lowest BCUT2D eigenvalue weighted by Crippen LogP contribution is -2.37. The maximum atomic E-state index is 12.4. The number of carbonyl (C=O) groups is 1. The lowest BCUT2D eigenvalue weighted by atomic mass is 10.2. The van der Waals surface area contributed by atoms with Crippen molar-refractivity contribution in [2.75, 3.05) is 18.4 Å². The van der Waals surface area contributed by atoms with E-state index in [1.807, 2.05) is 0 Å². The van der Waals surface area contributed by atoms with Gasteiger partial charge in [0.15, 0.2) is 0 Å². The topological polar surface area (TPSA) is 33.2 Å². The van der Waals surface area contributed by atoms with Crippen LogP contribution in [0.2, 0.25) is 0 Å². The fraction of sp³-hybridized carbons (Fsp3) is 0.455. The predicted molar refractivity (Wildman–Crippen MR) is 64.7 cm³/mol. The summed E-state index contributed by atoms with van der Waals surface area (Å²) in [6, 6.07) is 3.21. The molecule has 3 nitrogen and oxygen atoms in total. The molecule has 1 rings (SSSR count). The van der Waals surface area contributed by atoms with Gasteiger partial charge in [-0.15, -0.1) is 0 Å². The normalized spacial score (nSPS) is 10.6. The van der Waals surface area contributed by atoms with Gasteiger partial charge >= 0.3 is 0 Å². The highest BCUT2D eigenvalue weighted by atomic mass is 79.9. The van der Waals surface area contributed by atoms with Crippen molar-refractivity contribution in [1.29, 1.82) is 0 Å². The molecule has 0 aromatic carbocycles. The average molecular weight is 307 g/mol. The number of alkyl halides is 3. The van der Waals surface area contributed by atoms with Crippen LogP contribution in [0.1, 0.15) is 16.1 Å². The summed E-state index contributed by atoms with van der Waals surface area (Å²) < 4.78 is 24.7. The number of rotatable bonds is 5. The fourth-order valence-electron chi connectivity index (χ4n) is 1.42. The first-order chi connectivity index (χ1) is 8.06. The molecule has 1 aromatic heterocycles. The van der Waals surface area contributed by atoms with E-state index in [0.717, 1.165) is 4.90 Å². The van der Waals surface area contributed by atoms with Gasteiger partial charge in [0.2, 0.25) is 0 Å². The van der Waals surface area contributed by atoms with Crippen LogP contribution in [-0.4, -0.2) is 40.6 Å². The van der Waals surface area contributed by atoms with Crippen molar-refractivity contribution in [3.63, 3.8) is 0 Å². The second kappa shape index (κ2) is 6.64. The number of amides is 1. The minimum Gasteiger partial charge on any atom is -0.332 e. The van der Waals surface area contributed by atoms with E-state index in [0.29, 0.717) is 16.6 Å². The minimum absolute atomic E-state index is 0.248. The average Bonchev–Trinajstić information content (AvgIpc) is 2.28. The third-order valence-electron chi connectivity index (χ3n) is 2.24. The molecule has 0 aliphatic heterocycles. The Morgan fingerprint density at radius 3 is 2.82 bits per heavy atom. The third kappa shape index (κ3) is 4.03. The van der Waals surface area contributed by atoms with Crippen LogP contribution in [0.3, 0.4) is 0 Å². The zero-order valence-corrected chi connectivity index (χ0v) is 11.0. The molecule has 0 aliphatic rings. The highest BCUT2D eigenvalue weighted by molar-refractivity contribution is 9.09. The molecular weight excluding hydrogens is 294 g/mol. The van der Waals surface area contributed by atoms with Gasteiger partial charge in [-0.1, -0.05) is 15.9 Å². The van der Waals surface area contributed by atoms with E-state index < -0.39 is 18.9 Å². The summed E-state index contributed by atoms with van der Waals surface area (Å²) in [7, 11) is 0. The van der Waals surface area contributed by atoms with E-state index in [2.05, 4.69) is 20.9 Å². The highest BCUT2D eigenvalue weighted by Crippen LogP contribution is 2.10. The molecule has 0 saturated heterocycles. The number of nitrogens with zero attached hydrogens (tertiary/aromatic N) is 2. The van der Waals surface area contributed by atoms with E-state index in [9.17, 15) is 13.6 Å². The van der Waals surface area contributed by atoms with Gasteiger partial charge in [0.25, 0.3) is 12.3 Å². The summed E-state index contributed by atoms with van der Waals surface area (Å²) in [5.74, 6) is -0.407. The Morgan fingerprint density at radius 2 is 2.29 bits per heavy atom. The molecule has 1 aromatic rings. The van der Waals surface area contributed by atoms with Crippen molar-refractivity contribution in [3.05, 3.63) is 29.6 Å². The van der Waals surface area contributed by atoms with Crippen LogP contribution in [0.4, 0.5) is 8.78 Å². The lowest BCUT2D eigenvalue weighted by Gasteiger charge is -2.21. The highest BCUT2D eigenvalue weighted by Gasteiger charge is 2.20. The minimum atomic E-state index is -2.53. The molecule has 0 atom stereocenters. The summed E-state index contributed by atoms with van der Waals surface area (Å²) in [5, 5.41) is 0.463. The molecule has 1 heterocycles. The van der Waals surface area contributed by atoms with Gasteiger partial charge in [-0.05, 0) is 19.1 Å². The standard InChI is InChI=1S/C11H13BrF2N2O/c1-8-9(3-2-5-15-8)11(17)16(6-4-12)7-10(13)14/h2-3,5,10H,4,6-7H2,1H3. The molecule has 17 heavy (non-hydrogen) atoms. The largest absolute Gasteiger partial charge is 0.332 e. The van der Waals surface area contributed by atoms with Crippen LogP contribution in [0.5, 0.6) is 0 Å². The first-order valence-corrected chi connectivity index (χ1v) is 6.23. The van der Waals surface area contributed by atoms with Gasteiger partial charge in [-0.2, -0.15) is 0 Å². The Kier molecular flexibility index (Phi) is 5.47. The van der Waals surface area contributed by atoms with Gasteiger partial charge in [0, 0.05) is 23.8 Å². The number of carbonyl (C=O) groups excluding carboxylic acids is 1. The molecule has 0 N–H and O–H groups in total. The summed E-state index contributed by atoms with van der Waals surface area (Å²) in [6.07, 6.45) is -0.969. The van der Waals surface area contributed by atoms with Crippen molar-refractivity contribution < 1.29 is 13.6 Å². The molecule has 6 heteroatoms. The van der Waals surface area contributed by atoms with Gasteiger partial charge in [-0.25, -0.2) is 8.78 Å². The van der Waals surface area contributed by atoms with E-state index in [4.69, 9.17) is 0 Å². The number of aryl methyl sites for hydroxylation is 1. The van der Waals surface area contributed by atoms with Crippen molar-refractivity contribution in [2.45, 2.75) is 13.3 Å². The summed E-state index contributed by atoms with van der Waals surface area (Å²) >= 11 is 3.14. The number of aromatic nitrogens is 1. The van der Waals surface area contributed by atoms with Gasteiger partial charge < -0.3 is 4.90 Å². The molecule has 0 fully saturated rings. The number of hydrogen-bond donors (Lipinski definition) is 0. The van der Waals surface area contributed by atoms with E-state index in [1.54, 1.807) is 25.3 Å². The Balaban J connectivity index is 2.88. The molecule has 0 bridgehead atoms. The molecule has 94 valence electrons. The quantitative estimate of drug-likeness (QED) is 0.783. The third-order valence-corrected chi connectivity index (χ3v) is 2.59. The summed E-state index contributed by atoms with van der Waals surface area (Å²) in [4.78, 5) is 17.1. The number of hydrogen-bond acceptors (Lipinski definition) is 2. The van der Waals surface area contributed by atoms with Gasteiger partial charge in [0.05, 0.1) is 12.1 Å². The van der Waals surface area contributed by atoms with Crippen molar-refractivity contribution in [2.24, 2.45) is 0 Å². The van der Waals surface area contributed by atoms with E-state index >= 15 is 0 Å². The number of pyridine rings is 1. The fourth-order valence-corrected chi connectivity index (χ4v) is 1.85. The van der Waals surface area contributed by atoms with Crippen molar-refractivity contribution in [3.8, 4) is 0 Å². The zero-order valence-electron chi connectivity index (χ0n) is 9.37. The summed E-state index contributed by atoms with van der Waals surface area (Å²) in [5.41, 5.74) is 0.917. The van der Waals surface area contributed by atoms with Gasteiger partial charge in [0.1, 0.15) is 0 Å². The SMILES string of the molecule is Cc1ncccc1C(=O)N(CCBr)CC(F)F. The Bertz CT molecular complexity index is 387. The van der Waals surface area contributed by atoms with Crippen LogP contribution < -0.4 is 0 Å². The van der Waals surface area contributed by atoms with E-state index in [-0.39, 0.29) is 6.54 Å². The van der Waals surface area contributed by atoms with Crippen LogP contribution in [0.25, 0.3) is 0 Å². The Morgan fingerprint density at radius 1 is 1.59 bits per heavy atom. The van der Waals surface area contributed by atoms with Crippen molar-refractivity contribution >= 4 is 21.8 Å². The Labute approximate surface area is 107 Å². The van der Waals surface area contributed by atoms with Crippen molar-refractivity contribution in [1.82, 2.24) is 9.88 Å². The monoisotopic (exact) mass is 306 g/mol. The lowest BCUT2D eigenvalue weighted by molar-refractivity contribution is 0.0571. The molecule has 0 aliphatic carbocycles. The van der Waals surface area contributed by atoms with Crippen LogP contribution in [-0.2, 0) is 0 Å². The van der Waals surface area contributed by atoms with Crippen LogP contribution in [0.15, 0.2) is 18.3 Å². The molecule has 0 radical (unpaired) electrons. The molecule has 0 saturated carbocycles. The first kappa shape index (κ1) is 14.0. The molecule has 0 unspecified atom stereocenters. The first-order valence-electron chi connectivity index (χ1n) is 5.11. The Hall–Kier alpha value is -1.04. The van der Waals surface area contributed by atoms with Crippen LogP contribution >= 0.6 is 15.9 Å².